The molecule has 0 bridgehead atoms. The molecule has 1 aromatic carbocycles. The number of para-hydroxylation sites is 1. The van der Waals surface area contributed by atoms with Gasteiger partial charge in [-0.1, -0.05) is 18.2 Å². The molecule has 0 fully saturated rings. The van der Waals surface area contributed by atoms with Gasteiger partial charge in [0.05, 0.1) is 18.6 Å². The Bertz CT molecular complexity index is 385. The smallest absolute Gasteiger partial charge is 0.313 e. The van der Waals surface area contributed by atoms with E-state index >= 15 is 0 Å². The van der Waals surface area contributed by atoms with Crippen molar-refractivity contribution >= 4 is 5.97 Å². The van der Waals surface area contributed by atoms with Gasteiger partial charge in [0.1, 0.15) is 5.75 Å². The number of fused-ring (bicyclic) bond motifs is 1. The third-order valence-electron chi connectivity index (χ3n) is 2.59. The molecule has 0 N–H and O–H groups in total. The van der Waals surface area contributed by atoms with Crippen molar-refractivity contribution in [2.75, 3.05) is 6.61 Å². The van der Waals surface area contributed by atoms with Crippen molar-refractivity contribution in [2.24, 2.45) is 0 Å². The van der Waals surface area contributed by atoms with Gasteiger partial charge in [-0.15, -0.1) is 0 Å². The van der Waals surface area contributed by atoms with Crippen LogP contribution < -0.4 is 4.74 Å². The van der Waals surface area contributed by atoms with Crippen LogP contribution in [0.2, 0.25) is 0 Å². The molecule has 3 heteroatoms. The van der Waals surface area contributed by atoms with E-state index in [1.54, 1.807) is 0 Å². The average molecular weight is 220 g/mol. The van der Waals surface area contributed by atoms with Gasteiger partial charge in [-0.2, -0.15) is 0 Å². The lowest BCUT2D eigenvalue weighted by molar-refractivity contribution is -0.150. The lowest BCUT2D eigenvalue weighted by Gasteiger charge is -2.25. The van der Waals surface area contributed by atoms with Gasteiger partial charge < -0.3 is 9.47 Å². The third kappa shape index (κ3) is 2.18. The summed E-state index contributed by atoms with van der Waals surface area (Å²) >= 11 is 0. The molecule has 0 saturated carbocycles. The highest BCUT2D eigenvalue weighted by atomic mass is 16.5. The van der Waals surface area contributed by atoms with E-state index in [1.165, 1.54) is 0 Å². The SMILES string of the molecule is CC(C)OC(=O)C1CCOc2ccccc21. The minimum atomic E-state index is -0.174. The molecule has 0 aromatic heterocycles. The van der Waals surface area contributed by atoms with Crippen molar-refractivity contribution in [3.05, 3.63) is 29.8 Å². The number of carbonyl (C=O) groups is 1. The quantitative estimate of drug-likeness (QED) is 0.718. The summed E-state index contributed by atoms with van der Waals surface area (Å²) in [6.07, 6.45) is 0.630. The van der Waals surface area contributed by atoms with Gasteiger partial charge in [-0.25, -0.2) is 0 Å². The average Bonchev–Trinajstić information content (AvgIpc) is 2.27. The Balaban J connectivity index is 2.21. The highest BCUT2D eigenvalue weighted by Gasteiger charge is 2.28. The van der Waals surface area contributed by atoms with Gasteiger partial charge in [0.15, 0.2) is 0 Å². The largest absolute Gasteiger partial charge is 0.493 e. The Morgan fingerprint density at radius 2 is 2.19 bits per heavy atom. The van der Waals surface area contributed by atoms with Crippen molar-refractivity contribution in [1.29, 1.82) is 0 Å². The lowest BCUT2D eigenvalue weighted by atomic mass is 9.93. The molecule has 1 atom stereocenters. The highest BCUT2D eigenvalue weighted by molar-refractivity contribution is 5.79. The summed E-state index contributed by atoms with van der Waals surface area (Å²) in [5.74, 6) is 0.484. The van der Waals surface area contributed by atoms with Crippen molar-refractivity contribution in [1.82, 2.24) is 0 Å². The summed E-state index contributed by atoms with van der Waals surface area (Å²) in [6.45, 7) is 4.31. The third-order valence-corrected chi connectivity index (χ3v) is 2.59. The molecule has 0 aliphatic carbocycles. The topological polar surface area (TPSA) is 35.5 Å². The van der Waals surface area contributed by atoms with Gasteiger partial charge >= 0.3 is 5.97 Å². The summed E-state index contributed by atoms with van der Waals surface area (Å²) in [5.41, 5.74) is 0.944. The van der Waals surface area contributed by atoms with Gasteiger partial charge in [0, 0.05) is 5.56 Å². The second kappa shape index (κ2) is 4.56. The number of hydrogen-bond acceptors (Lipinski definition) is 3. The summed E-state index contributed by atoms with van der Waals surface area (Å²) < 4.78 is 10.8. The zero-order valence-electron chi connectivity index (χ0n) is 9.60. The van der Waals surface area contributed by atoms with E-state index in [9.17, 15) is 4.79 Å². The molecule has 1 aliphatic heterocycles. The normalized spacial score (nSPS) is 18.8. The van der Waals surface area contributed by atoms with Crippen LogP contribution in [-0.2, 0) is 9.53 Å². The van der Waals surface area contributed by atoms with Crippen molar-refractivity contribution in [3.8, 4) is 5.75 Å². The Morgan fingerprint density at radius 1 is 1.44 bits per heavy atom. The maximum Gasteiger partial charge on any atom is 0.313 e. The van der Waals surface area contributed by atoms with Gasteiger partial charge in [0.2, 0.25) is 0 Å². The zero-order valence-corrected chi connectivity index (χ0v) is 9.60. The van der Waals surface area contributed by atoms with Crippen LogP contribution in [-0.4, -0.2) is 18.7 Å². The Labute approximate surface area is 95.4 Å². The van der Waals surface area contributed by atoms with Gasteiger partial charge in [-0.3, -0.25) is 4.79 Å². The predicted octanol–water partition coefficient (Wildman–Crippen LogP) is 2.50. The van der Waals surface area contributed by atoms with Crippen LogP contribution in [0, 0.1) is 0 Å². The molecular formula is C13H16O3. The number of esters is 1. The molecule has 2 rings (SSSR count). The standard InChI is InChI=1S/C13H16O3/c1-9(2)16-13(14)11-7-8-15-12-6-4-3-5-10(11)12/h3-6,9,11H,7-8H2,1-2H3. The van der Waals surface area contributed by atoms with E-state index in [4.69, 9.17) is 9.47 Å². The second-order valence-corrected chi connectivity index (χ2v) is 4.21. The second-order valence-electron chi connectivity index (χ2n) is 4.21. The van der Waals surface area contributed by atoms with E-state index in [1.807, 2.05) is 38.1 Å². The minimum Gasteiger partial charge on any atom is -0.493 e. The number of benzene rings is 1. The van der Waals surface area contributed by atoms with Crippen LogP contribution in [0.1, 0.15) is 31.7 Å². The Hall–Kier alpha value is -1.51. The van der Waals surface area contributed by atoms with Crippen LogP contribution in [0.5, 0.6) is 5.75 Å². The summed E-state index contributed by atoms with van der Waals surface area (Å²) in [4.78, 5) is 11.9. The fourth-order valence-electron chi connectivity index (χ4n) is 1.90. The molecule has 3 nitrogen and oxygen atoms in total. The van der Waals surface area contributed by atoms with E-state index in [0.29, 0.717) is 13.0 Å². The summed E-state index contributed by atoms with van der Waals surface area (Å²) in [7, 11) is 0. The molecule has 0 radical (unpaired) electrons. The maximum atomic E-state index is 11.9. The first-order chi connectivity index (χ1) is 7.68. The maximum absolute atomic E-state index is 11.9. The lowest BCUT2D eigenvalue weighted by Crippen LogP contribution is -2.25. The summed E-state index contributed by atoms with van der Waals surface area (Å²) in [5, 5.41) is 0. The van der Waals surface area contributed by atoms with Crippen molar-refractivity contribution in [3.63, 3.8) is 0 Å². The molecule has 1 heterocycles. The molecule has 86 valence electrons. The zero-order chi connectivity index (χ0) is 11.5. The molecular weight excluding hydrogens is 204 g/mol. The van der Waals surface area contributed by atoms with Crippen molar-refractivity contribution < 1.29 is 14.3 Å². The predicted molar refractivity (Wildman–Crippen MR) is 60.5 cm³/mol. The number of carbonyl (C=O) groups excluding carboxylic acids is 1. The molecule has 1 unspecified atom stereocenters. The van der Waals surface area contributed by atoms with E-state index in [0.717, 1.165) is 11.3 Å². The Morgan fingerprint density at radius 3 is 2.94 bits per heavy atom. The van der Waals surface area contributed by atoms with Crippen LogP contribution in [0.15, 0.2) is 24.3 Å². The Kier molecular flexibility index (Phi) is 3.13. The van der Waals surface area contributed by atoms with Crippen LogP contribution >= 0.6 is 0 Å². The fraction of sp³-hybridized carbons (Fsp3) is 0.462. The van der Waals surface area contributed by atoms with Gasteiger partial charge in [-0.05, 0) is 26.3 Å². The van der Waals surface area contributed by atoms with Crippen molar-refractivity contribution in [2.45, 2.75) is 32.3 Å². The van der Waals surface area contributed by atoms with E-state index in [2.05, 4.69) is 0 Å². The highest BCUT2D eigenvalue weighted by Crippen LogP contribution is 2.34. The first kappa shape index (κ1) is 11.0. The summed E-state index contributed by atoms with van der Waals surface area (Å²) in [6, 6.07) is 7.66. The number of hydrogen-bond donors (Lipinski definition) is 0. The minimum absolute atomic E-state index is 0.0671. The fourth-order valence-corrected chi connectivity index (χ4v) is 1.90. The van der Waals surface area contributed by atoms with E-state index < -0.39 is 0 Å². The molecule has 0 spiro atoms. The molecule has 16 heavy (non-hydrogen) atoms. The monoisotopic (exact) mass is 220 g/mol. The van der Waals surface area contributed by atoms with Crippen LogP contribution in [0.25, 0.3) is 0 Å². The first-order valence-electron chi connectivity index (χ1n) is 5.60. The van der Waals surface area contributed by atoms with Crippen LogP contribution in [0.3, 0.4) is 0 Å². The number of ether oxygens (including phenoxy) is 2. The van der Waals surface area contributed by atoms with E-state index in [-0.39, 0.29) is 18.0 Å². The van der Waals surface area contributed by atoms with Gasteiger partial charge in [0.25, 0.3) is 0 Å². The molecule has 0 amide bonds. The first-order valence-corrected chi connectivity index (χ1v) is 5.60. The van der Waals surface area contributed by atoms with Crippen LogP contribution in [0.4, 0.5) is 0 Å². The molecule has 0 saturated heterocycles. The number of rotatable bonds is 2. The molecule has 1 aliphatic rings. The molecule has 1 aromatic rings.